The second-order valence-electron chi connectivity index (χ2n) is 18.8. The molecular weight excluding hydrogens is 784 g/mol. The van der Waals surface area contributed by atoms with Gasteiger partial charge in [-0.05, 0) is 101 Å². The third-order valence-corrected chi connectivity index (χ3v) is 15.3. The van der Waals surface area contributed by atoms with Gasteiger partial charge in [0.15, 0.2) is 5.82 Å². The zero-order chi connectivity index (χ0) is 42.5. The van der Waals surface area contributed by atoms with Crippen molar-refractivity contribution in [2.45, 2.75) is 119 Å². The number of terminal acetylenes is 1. The smallest absolute Gasteiger partial charge is 0.319 e. The van der Waals surface area contributed by atoms with Crippen LogP contribution in [0.4, 0.5) is 19.0 Å². The Kier molecular flexibility index (Phi) is 11.5. The molecule has 1 N–H and O–H groups in total. The number of pyridine rings is 1. The Morgan fingerprint density at radius 2 is 1.84 bits per heavy atom. The molecule has 2 saturated carbocycles. The number of amides is 1. The zero-order valence-corrected chi connectivity index (χ0v) is 35.5. The number of aromatic nitrogens is 3. The minimum Gasteiger partial charge on any atom is -0.493 e. The minimum atomic E-state index is -1.00. The summed E-state index contributed by atoms with van der Waals surface area (Å²) in [4.78, 5) is 33.7. The first-order valence-corrected chi connectivity index (χ1v) is 22.2. The number of hydrogen-bond acceptors (Lipinski definition) is 10. The Labute approximate surface area is 356 Å². The van der Waals surface area contributed by atoms with Gasteiger partial charge in [-0.3, -0.25) is 14.7 Å². The summed E-state index contributed by atoms with van der Waals surface area (Å²) in [7, 11) is 1.78. The van der Waals surface area contributed by atoms with Gasteiger partial charge in [-0.1, -0.05) is 25.3 Å². The van der Waals surface area contributed by atoms with E-state index in [1.807, 2.05) is 0 Å². The van der Waals surface area contributed by atoms with E-state index in [1.165, 1.54) is 37.2 Å². The highest BCUT2D eigenvalue weighted by Crippen LogP contribution is 2.54. The summed E-state index contributed by atoms with van der Waals surface area (Å²) in [6.07, 6.45) is 18.3. The van der Waals surface area contributed by atoms with Crippen molar-refractivity contribution in [3.8, 4) is 24.1 Å². The molecule has 326 valence electrons. The summed E-state index contributed by atoms with van der Waals surface area (Å²) in [5, 5.41) is 3.77. The molecule has 0 bridgehead atoms. The van der Waals surface area contributed by atoms with E-state index < -0.39 is 34.8 Å². The number of carbonyl (C=O) groups is 1. The van der Waals surface area contributed by atoms with Crippen LogP contribution in [0.1, 0.15) is 107 Å². The summed E-state index contributed by atoms with van der Waals surface area (Å²) in [6, 6.07) is 3.58. The molecule has 11 nitrogen and oxygen atoms in total. The van der Waals surface area contributed by atoms with Crippen molar-refractivity contribution in [2.24, 2.45) is 5.41 Å². The number of piperidine rings is 1. The third kappa shape index (κ3) is 7.73. The monoisotopic (exact) mass is 841 g/mol. The standard InChI is InChI=1S/C47H58F3N7O4/c1-5-33-36(49)9-10-37-39(33)34(13-22-60-37)41-40(50)42-35(26-51-41)43(52-28-47(14-7-8-15-47)55(4)38(58)6-2)54-44(53-42)61-29-45(3)23-30(48)27-57(45)32-24-46(25-32)16-18-56(19-17-46)31-11-20-59-21-12-31/h1,6,9-10,26,30-32,34H,2,7-8,11-25,27-29H2,3-4H3,(H,52,53,54)/t30-,34-,45+/m1/s1. The molecule has 3 saturated heterocycles. The number of halogens is 3. The van der Waals surface area contributed by atoms with Crippen LogP contribution < -0.4 is 14.8 Å². The SMILES string of the molecule is C#Cc1c(F)ccc2c1[C@H](c1ncc3c(NCC4(N(C)C(=O)C=C)CCCC4)nc(OC[C@]4(C)C[C@@H](F)CN4C4CC5(CCN(C6CCOCC6)CC5)C4)nc3c1F)CCO2. The molecule has 3 atom stereocenters. The van der Waals surface area contributed by atoms with Crippen LogP contribution in [-0.4, -0.2) is 125 Å². The van der Waals surface area contributed by atoms with Gasteiger partial charge in [0.2, 0.25) is 5.91 Å². The van der Waals surface area contributed by atoms with Crippen LogP contribution in [-0.2, 0) is 9.53 Å². The van der Waals surface area contributed by atoms with Crippen molar-refractivity contribution in [3.05, 3.63) is 59.4 Å². The number of hydrogen-bond donors (Lipinski definition) is 1. The topological polar surface area (TPSA) is 105 Å². The molecule has 1 amide bonds. The van der Waals surface area contributed by atoms with Gasteiger partial charge in [-0.15, -0.1) is 6.42 Å². The highest BCUT2D eigenvalue weighted by molar-refractivity contribution is 5.90. The molecule has 14 heteroatoms. The van der Waals surface area contributed by atoms with Gasteiger partial charge >= 0.3 is 6.01 Å². The van der Waals surface area contributed by atoms with E-state index in [2.05, 4.69) is 44.5 Å². The van der Waals surface area contributed by atoms with Gasteiger partial charge in [-0.2, -0.15) is 9.97 Å². The molecule has 2 aliphatic carbocycles. The summed E-state index contributed by atoms with van der Waals surface area (Å²) >= 11 is 0. The molecule has 1 spiro atoms. The number of fused-ring (bicyclic) bond motifs is 2. The van der Waals surface area contributed by atoms with E-state index in [0.717, 1.165) is 77.7 Å². The molecule has 3 aromatic rings. The normalized spacial score (nSPS) is 26.6. The first-order valence-electron chi connectivity index (χ1n) is 22.2. The number of nitrogens with zero attached hydrogens (tertiary/aromatic N) is 6. The fourth-order valence-electron chi connectivity index (χ4n) is 11.7. The van der Waals surface area contributed by atoms with Gasteiger partial charge in [-0.25, -0.2) is 13.2 Å². The molecule has 4 aliphatic heterocycles. The first-order chi connectivity index (χ1) is 29.5. The predicted molar refractivity (Wildman–Crippen MR) is 226 cm³/mol. The van der Waals surface area contributed by atoms with Crippen LogP contribution in [0, 0.1) is 29.4 Å². The van der Waals surface area contributed by atoms with E-state index >= 15 is 13.2 Å². The second kappa shape index (κ2) is 16.7. The molecular formula is C47H58F3N7O4. The van der Waals surface area contributed by atoms with E-state index in [9.17, 15) is 4.79 Å². The van der Waals surface area contributed by atoms with Crippen molar-refractivity contribution in [2.75, 3.05) is 65.0 Å². The van der Waals surface area contributed by atoms with Crippen LogP contribution in [0.5, 0.6) is 11.8 Å². The van der Waals surface area contributed by atoms with E-state index in [1.54, 1.807) is 11.9 Å². The van der Waals surface area contributed by atoms with Gasteiger partial charge in [0.25, 0.3) is 0 Å². The summed E-state index contributed by atoms with van der Waals surface area (Å²) < 4.78 is 65.6. The molecule has 1 aromatic carbocycles. The lowest BCUT2D eigenvalue weighted by molar-refractivity contribution is -0.129. The maximum absolute atomic E-state index is 17.2. The summed E-state index contributed by atoms with van der Waals surface area (Å²) in [5.41, 5.74) is -0.435. The largest absolute Gasteiger partial charge is 0.493 e. The Balaban J connectivity index is 0.993. The molecule has 6 heterocycles. The molecule has 0 unspecified atom stereocenters. The first kappa shape index (κ1) is 41.9. The molecule has 61 heavy (non-hydrogen) atoms. The number of ether oxygens (including phenoxy) is 3. The van der Waals surface area contributed by atoms with Crippen molar-refractivity contribution >= 4 is 22.6 Å². The number of rotatable bonds is 11. The Bertz CT molecular complexity index is 2190. The van der Waals surface area contributed by atoms with Gasteiger partial charge in [0.05, 0.1) is 34.3 Å². The van der Waals surface area contributed by atoms with Crippen molar-refractivity contribution in [1.29, 1.82) is 0 Å². The fourth-order valence-corrected chi connectivity index (χ4v) is 11.7. The van der Waals surface area contributed by atoms with Gasteiger partial charge in [0.1, 0.15) is 35.7 Å². The van der Waals surface area contributed by atoms with Crippen molar-refractivity contribution in [3.63, 3.8) is 0 Å². The number of alkyl halides is 1. The average molecular weight is 842 g/mol. The quantitative estimate of drug-likeness (QED) is 0.158. The van der Waals surface area contributed by atoms with Crippen molar-refractivity contribution < 1.29 is 32.2 Å². The number of benzene rings is 1. The van der Waals surface area contributed by atoms with Crippen LogP contribution in [0.2, 0.25) is 0 Å². The van der Waals surface area contributed by atoms with Crippen LogP contribution in [0.3, 0.4) is 0 Å². The van der Waals surface area contributed by atoms with Gasteiger partial charge < -0.3 is 29.3 Å². The summed E-state index contributed by atoms with van der Waals surface area (Å²) in [5.74, 6) is 0.948. The lowest BCUT2D eigenvalue weighted by Gasteiger charge is -2.57. The second-order valence-corrected chi connectivity index (χ2v) is 18.8. The van der Waals surface area contributed by atoms with E-state index in [0.29, 0.717) is 59.9 Å². The molecule has 6 aliphatic rings. The lowest BCUT2D eigenvalue weighted by Crippen LogP contribution is -2.60. The minimum absolute atomic E-state index is 0.0102. The maximum atomic E-state index is 17.2. The van der Waals surface area contributed by atoms with Gasteiger partial charge in [0, 0.05) is 69.5 Å². The average Bonchev–Trinajstić information content (AvgIpc) is 3.88. The maximum Gasteiger partial charge on any atom is 0.319 e. The third-order valence-electron chi connectivity index (χ3n) is 15.3. The molecule has 9 rings (SSSR count). The van der Waals surface area contributed by atoms with E-state index in [-0.39, 0.29) is 47.9 Å². The molecule has 2 aromatic heterocycles. The number of nitrogens with one attached hydrogen (secondary N) is 1. The highest BCUT2D eigenvalue weighted by atomic mass is 19.1. The lowest BCUT2D eigenvalue weighted by atomic mass is 9.59. The Morgan fingerprint density at radius 1 is 1.08 bits per heavy atom. The summed E-state index contributed by atoms with van der Waals surface area (Å²) in [6.45, 7) is 10.7. The Morgan fingerprint density at radius 3 is 2.56 bits per heavy atom. The van der Waals surface area contributed by atoms with Crippen LogP contribution in [0.25, 0.3) is 10.9 Å². The van der Waals surface area contributed by atoms with E-state index in [4.69, 9.17) is 25.6 Å². The molecule has 0 radical (unpaired) electrons. The Hall–Kier alpha value is -4.45. The fraction of sp³-hybridized carbons (Fsp3) is 0.617. The number of anilines is 1. The molecule has 5 fully saturated rings. The van der Waals surface area contributed by atoms with Crippen molar-refractivity contribution in [1.82, 2.24) is 29.7 Å². The number of likely N-dealkylation sites (N-methyl/N-ethyl adjacent to an activating group) is 1. The predicted octanol–water partition coefficient (Wildman–Crippen LogP) is 7.17. The number of carbonyl (C=O) groups excluding carboxylic acids is 1. The highest BCUT2D eigenvalue weighted by Gasteiger charge is 2.55. The zero-order valence-electron chi connectivity index (χ0n) is 35.5. The van der Waals surface area contributed by atoms with Crippen LogP contribution >= 0.6 is 0 Å². The number of likely N-dealkylation sites (tertiary alicyclic amines) is 2. The van der Waals surface area contributed by atoms with Crippen LogP contribution in [0.15, 0.2) is 31.0 Å².